The predicted octanol–water partition coefficient (Wildman–Crippen LogP) is 7.78. The number of aryl methyl sites for hydroxylation is 2. The van der Waals surface area contributed by atoms with Gasteiger partial charge in [-0.1, -0.05) is 62.7 Å². The highest BCUT2D eigenvalue weighted by molar-refractivity contribution is 5.97. The van der Waals surface area contributed by atoms with Gasteiger partial charge in [0.15, 0.2) is 12.4 Å². The summed E-state index contributed by atoms with van der Waals surface area (Å²) in [6.07, 6.45) is 1.01. The van der Waals surface area contributed by atoms with Crippen LogP contribution in [0.4, 0.5) is 11.4 Å². The van der Waals surface area contributed by atoms with E-state index in [1.54, 1.807) is 43.3 Å². The fourth-order valence-electron chi connectivity index (χ4n) is 4.97. The Hall–Kier alpha value is -5.44. The molecule has 0 fully saturated rings. The second-order valence-corrected chi connectivity index (χ2v) is 12.4. The Bertz CT molecular complexity index is 1980. The fourth-order valence-corrected chi connectivity index (χ4v) is 4.97. The minimum Gasteiger partial charge on any atom is -0.483 e. The summed E-state index contributed by atoms with van der Waals surface area (Å²) >= 11 is 0. The molecule has 242 valence electrons. The lowest BCUT2D eigenvalue weighted by molar-refractivity contribution is -0.118. The van der Waals surface area contributed by atoms with Gasteiger partial charge in [0.25, 0.3) is 11.5 Å². The molecule has 1 unspecified atom stereocenters. The van der Waals surface area contributed by atoms with Crippen LogP contribution < -0.4 is 25.7 Å². The van der Waals surface area contributed by atoms with Crippen LogP contribution in [-0.2, 0) is 15.0 Å². The summed E-state index contributed by atoms with van der Waals surface area (Å²) in [5, 5.41) is 5.96. The minimum atomic E-state index is -0.776. The van der Waals surface area contributed by atoms with Crippen molar-refractivity contribution in [2.75, 3.05) is 17.2 Å². The topological polar surface area (TPSA) is 122 Å². The largest absolute Gasteiger partial charge is 0.483 e. The molecule has 2 amide bonds. The molecule has 0 spiro atoms. The molecule has 1 heterocycles. The van der Waals surface area contributed by atoms with Crippen molar-refractivity contribution in [3.05, 3.63) is 118 Å². The minimum absolute atomic E-state index is 0.0540. The monoisotopic (exact) mass is 632 g/mol. The lowest BCUT2D eigenvalue weighted by Gasteiger charge is -2.24. The van der Waals surface area contributed by atoms with Crippen molar-refractivity contribution in [1.82, 2.24) is 9.97 Å². The van der Waals surface area contributed by atoms with Crippen molar-refractivity contribution in [1.29, 1.82) is 0 Å². The van der Waals surface area contributed by atoms with Crippen molar-refractivity contribution in [3.63, 3.8) is 0 Å². The van der Waals surface area contributed by atoms with E-state index in [0.29, 0.717) is 34.1 Å². The molecule has 0 bridgehead atoms. The first-order valence-corrected chi connectivity index (χ1v) is 15.7. The van der Waals surface area contributed by atoms with E-state index >= 15 is 0 Å². The Kier molecular flexibility index (Phi) is 9.75. The molecule has 0 saturated heterocycles. The van der Waals surface area contributed by atoms with E-state index in [9.17, 15) is 14.4 Å². The number of H-pyrrole nitrogens is 1. The van der Waals surface area contributed by atoms with Gasteiger partial charge < -0.3 is 25.1 Å². The number of anilines is 2. The molecule has 4 aromatic carbocycles. The van der Waals surface area contributed by atoms with Crippen LogP contribution in [0.5, 0.6) is 17.2 Å². The lowest BCUT2D eigenvalue weighted by Crippen LogP contribution is -2.24. The van der Waals surface area contributed by atoms with Gasteiger partial charge in [0.2, 0.25) is 5.91 Å². The maximum atomic E-state index is 13.3. The third-order valence-corrected chi connectivity index (χ3v) is 8.40. The third kappa shape index (κ3) is 7.87. The van der Waals surface area contributed by atoms with Crippen molar-refractivity contribution in [3.8, 4) is 17.2 Å². The normalized spacial score (nSPS) is 12.0. The van der Waals surface area contributed by atoms with Gasteiger partial charge in [0.05, 0.1) is 22.5 Å². The summed E-state index contributed by atoms with van der Waals surface area (Å²) in [5.41, 5.74) is 4.23. The van der Waals surface area contributed by atoms with Gasteiger partial charge in [0.1, 0.15) is 17.3 Å². The molecule has 5 aromatic rings. The van der Waals surface area contributed by atoms with E-state index in [4.69, 9.17) is 9.47 Å². The van der Waals surface area contributed by atoms with Crippen LogP contribution >= 0.6 is 0 Å². The summed E-state index contributed by atoms with van der Waals surface area (Å²) in [6.45, 7) is 12.0. The number of para-hydroxylation sites is 2. The molecule has 3 N–H and O–H groups in total. The van der Waals surface area contributed by atoms with Crippen molar-refractivity contribution >= 4 is 34.1 Å². The molecule has 0 saturated carbocycles. The first-order valence-electron chi connectivity index (χ1n) is 15.7. The summed E-state index contributed by atoms with van der Waals surface area (Å²) in [5.74, 6) is 0.483. The summed E-state index contributed by atoms with van der Waals surface area (Å²) in [4.78, 5) is 46.3. The maximum absolute atomic E-state index is 13.3. The molecule has 1 atom stereocenters. The average Bonchev–Trinajstić information content (AvgIpc) is 3.05. The Morgan fingerprint density at radius 1 is 0.915 bits per heavy atom. The van der Waals surface area contributed by atoms with Gasteiger partial charge >= 0.3 is 0 Å². The van der Waals surface area contributed by atoms with Crippen LogP contribution in [0.1, 0.15) is 62.5 Å². The van der Waals surface area contributed by atoms with E-state index in [1.807, 2.05) is 56.3 Å². The number of carbonyl (C=O) groups is 2. The zero-order valence-corrected chi connectivity index (χ0v) is 27.6. The summed E-state index contributed by atoms with van der Waals surface area (Å²) in [7, 11) is 0. The fraction of sp³-hybridized carbons (Fsp3) is 0.263. The maximum Gasteiger partial charge on any atom is 0.262 e. The SMILES string of the molecule is CCC(C)(C)c1ccc(OCC(=O)Nc2ccc3nc(C(C)C(=O)Nc4ccccc4Oc4ccc(C)cc4)[nH]c(=O)c3c2)c(C)c1. The lowest BCUT2D eigenvalue weighted by atomic mass is 9.81. The van der Waals surface area contributed by atoms with Crippen molar-refractivity contribution < 1.29 is 19.1 Å². The van der Waals surface area contributed by atoms with Crippen LogP contribution in [0.3, 0.4) is 0 Å². The second-order valence-electron chi connectivity index (χ2n) is 12.4. The summed E-state index contributed by atoms with van der Waals surface area (Å²) < 4.78 is 11.8. The Morgan fingerprint density at radius 3 is 2.38 bits per heavy atom. The van der Waals surface area contributed by atoms with Gasteiger partial charge in [-0.05, 0) is 92.3 Å². The van der Waals surface area contributed by atoms with Gasteiger partial charge in [-0.3, -0.25) is 14.4 Å². The second kappa shape index (κ2) is 13.9. The van der Waals surface area contributed by atoms with Crippen molar-refractivity contribution in [2.24, 2.45) is 0 Å². The van der Waals surface area contributed by atoms with Crippen LogP contribution in [0, 0.1) is 13.8 Å². The van der Waals surface area contributed by atoms with Crippen molar-refractivity contribution in [2.45, 2.75) is 59.3 Å². The van der Waals surface area contributed by atoms with Gasteiger partial charge in [-0.15, -0.1) is 0 Å². The number of nitrogens with one attached hydrogen (secondary N) is 3. The first-order chi connectivity index (χ1) is 22.4. The molecule has 0 aliphatic heterocycles. The molecule has 9 nitrogen and oxygen atoms in total. The zero-order valence-electron chi connectivity index (χ0n) is 27.6. The van der Waals surface area contributed by atoms with E-state index in [2.05, 4.69) is 47.4 Å². The zero-order chi connectivity index (χ0) is 33.7. The number of amides is 2. The van der Waals surface area contributed by atoms with Crippen LogP contribution in [0.2, 0.25) is 0 Å². The molecule has 9 heteroatoms. The standard InChI is InChI=1S/C38H40N4O5/c1-7-38(5,6)26-14-19-32(24(3)20-26)46-22-34(43)39-27-15-18-30-29(21-27)37(45)42-35(40-30)25(4)36(44)41-31-10-8-9-11-33(31)47-28-16-12-23(2)13-17-28/h8-21,25H,7,22H2,1-6H3,(H,39,43)(H,41,44)(H,40,42,45). The highest BCUT2D eigenvalue weighted by Crippen LogP contribution is 2.32. The van der Waals surface area contributed by atoms with Gasteiger partial charge in [0, 0.05) is 5.69 Å². The number of hydrogen-bond acceptors (Lipinski definition) is 6. The molecule has 47 heavy (non-hydrogen) atoms. The van der Waals surface area contributed by atoms with Gasteiger partial charge in [-0.25, -0.2) is 4.98 Å². The molecule has 0 aliphatic rings. The van der Waals surface area contributed by atoms with E-state index in [0.717, 1.165) is 17.5 Å². The number of benzene rings is 4. The number of rotatable bonds is 11. The number of hydrogen-bond donors (Lipinski definition) is 3. The van der Waals surface area contributed by atoms with E-state index in [-0.39, 0.29) is 35.0 Å². The highest BCUT2D eigenvalue weighted by atomic mass is 16.5. The number of ether oxygens (including phenoxy) is 2. The Balaban J connectivity index is 1.24. The molecular formula is C38H40N4O5. The summed E-state index contributed by atoms with van der Waals surface area (Å²) in [6, 6.07) is 25.6. The molecule has 5 rings (SSSR count). The predicted molar refractivity (Wildman–Crippen MR) is 186 cm³/mol. The Labute approximate surface area is 274 Å². The van der Waals surface area contributed by atoms with Gasteiger partial charge in [-0.2, -0.15) is 0 Å². The number of nitrogens with zero attached hydrogens (tertiary/aromatic N) is 1. The van der Waals surface area contributed by atoms with Crippen LogP contribution in [0.15, 0.2) is 89.7 Å². The number of carbonyl (C=O) groups excluding carboxylic acids is 2. The van der Waals surface area contributed by atoms with E-state index < -0.39 is 11.5 Å². The van der Waals surface area contributed by atoms with Crippen LogP contribution in [0.25, 0.3) is 10.9 Å². The quantitative estimate of drug-likeness (QED) is 0.137. The molecule has 0 aliphatic carbocycles. The first kappa shape index (κ1) is 32.9. The molecule has 0 radical (unpaired) electrons. The molecular weight excluding hydrogens is 592 g/mol. The van der Waals surface area contributed by atoms with Crippen LogP contribution in [-0.4, -0.2) is 28.4 Å². The number of fused-ring (bicyclic) bond motifs is 1. The smallest absolute Gasteiger partial charge is 0.262 e. The number of aromatic amines is 1. The third-order valence-electron chi connectivity index (χ3n) is 8.40. The number of aromatic nitrogens is 2. The molecule has 1 aromatic heterocycles. The van der Waals surface area contributed by atoms with E-state index in [1.165, 1.54) is 5.56 Å². The Morgan fingerprint density at radius 2 is 1.66 bits per heavy atom. The average molecular weight is 633 g/mol. The highest BCUT2D eigenvalue weighted by Gasteiger charge is 2.21.